The molecule has 0 amide bonds. The van der Waals surface area contributed by atoms with Crippen molar-refractivity contribution in [2.24, 2.45) is 5.73 Å². The van der Waals surface area contributed by atoms with Crippen LogP contribution >= 0.6 is 0 Å². The van der Waals surface area contributed by atoms with Crippen molar-refractivity contribution in [3.05, 3.63) is 23.4 Å². The molecule has 0 aliphatic heterocycles. The van der Waals surface area contributed by atoms with Crippen molar-refractivity contribution in [1.82, 2.24) is 4.98 Å². The minimum absolute atomic E-state index is 0.562. The van der Waals surface area contributed by atoms with Gasteiger partial charge >= 0.3 is 0 Å². The van der Waals surface area contributed by atoms with E-state index >= 15 is 0 Å². The zero-order valence-electron chi connectivity index (χ0n) is 7.83. The van der Waals surface area contributed by atoms with Crippen molar-refractivity contribution in [2.45, 2.75) is 13.5 Å². The summed E-state index contributed by atoms with van der Waals surface area (Å²) in [5.41, 5.74) is 7.65. The van der Waals surface area contributed by atoms with Gasteiger partial charge in [0.25, 0.3) is 0 Å². The van der Waals surface area contributed by atoms with Gasteiger partial charge in [-0.15, -0.1) is 0 Å². The number of pyridine rings is 1. The molecule has 1 aromatic heterocycles. The maximum absolute atomic E-state index is 5.52. The number of nitrogens with zero attached hydrogens (tertiary/aromatic N) is 2. The van der Waals surface area contributed by atoms with Gasteiger partial charge < -0.3 is 10.6 Å². The van der Waals surface area contributed by atoms with E-state index in [2.05, 4.69) is 4.98 Å². The first-order chi connectivity index (χ1) is 5.65. The van der Waals surface area contributed by atoms with Crippen LogP contribution in [0.2, 0.25) is 0 Å². The average molecular weight is 165 g/mol. The van der Waals surface area contributed by atoms with Gasteiger partial charge in [-0.25, -0.2) is 4.98 Å². The van der Waals surface area contributed by atoms with Crippen LogP contribution in [0.3, 0.4) is 0 Å². The van der Waals surface area contributed by atoms with Crippen LogP contribution in [0.1, 0.15) is 11.3 Å². The zero-order chi connectivity index (χ0) is 9.14. The van der Waals surface area contributed by atoms with E-state index in [0.29, 0.717) is 6.54 Å². The molecule has 0 aromatic carbocycles. The van der Waals surface area contributed by atoms with Crippen LogP contribution in [0.5, 0.6) is 0 Å². The van der Waals surface area contributed by atoms with Crippen molar-refractivity contribution < 1.29 is 0 Å². The molecule has 0 fully saturated rings. The van der Waals surface area contributed by atoms with Gasteiger partial charge in [-0.1, -0.05) is 6.07 Å². The SMILES string of the molecule is Cc1nc(N(C)C)ccc1CN. The first-order valence-electron chi connectivity index (χ1n) is 3.99. The predicted molar refractivity (Wildman–Crippen MR) is 51.2 cm³/mol. The highest BCUT2D eigenvalue weighted by Crippen LogP contribution is 2.11. The Balaban J connectivity index is 3.02. The largest absolute Gasteiger partial charge is 0.363 e. The highest BCUT2D eigenvalue weighted by Gasteiger charge is 2.00. The Labute approximate surface area is 73.2 Å². The molecule has 66 valence electrons. The Bertz CT molecular complexity index is 268. The molecule has 0 aliphatic carbocycles. The lowest BCUT2D eigenvalue weighted by Crippen LogP contribution is -2.12. The van der Waals surface area contributed by atoms with Gasteiger partial charge in [0.1, 0.15) is 5.82 Å². The Morgan fingerprint density at radius 3 is 2.50 bits per heavy atom. The molecule has 3 nitrogen and oxygen atoms in total. The first-order valence-corrected chi connectivity index (χ1v) is 3.99. The fraction of sp³-hybridized carbons (Fsp3) is 0.444. The maximum Gasteiger partial charge on any atom is 0.128 e. The minimum atomic E-state index is 0.562. The molecule has 0 saturated carbocycles. The molecule has 0 radical (unpaired) electrons. The van der Waals surface area contributed by atoms with E-state index in [9.17, 15) is 0 Å². The number of hydrogen-bond donors (Lipinski definition) is 1. The second kappa shape index (κ2) is 3.54. The highest BCUT2D eigenvalue weighted by molar-refractivity contribution is 5.39. The average Bonchev–Trinajstić information content (AvgIpc) is 2.04. The van der Waals surface area contributed by atoms with Crippen molar-refractivity contribution in [1.29, 1.82) is 0 Å². The molecule has 2 N–H and O–H groups in total. The van der Waals surface area contributed by atoms with Crippen LogP contribution in [0.25, 0.3) is 0 Å². The lowest BCUT2D eigenvalue weighted by Gasteiger charge is -2.12. The summed E-state index contributed by atoms with van der Waals surface area (Å²) in [7, 11) is 3.95. The topological polar surface area (TPSA) is 42.2 Å². The van der Waals surface area contributed by atoms with Gasteiger partial charge in [-0.05, 0) is 18.6 Å². The predicted octanol–water partition coefficient (Wildman–Crippen LogP) is 0.915. The van der Waals surface area contributed by atoms with Gasteiger partial charge in [-0.2, -0.15) is 0 Å². The smallest absolute Gasteiger partial charge is 0.128 e. The maximum atomic E-state index is 5.52. The summed E-state index contributed by atoms with van der Waals surface area (Å²) in [5, 5.41) is 0. The molecule has 0 saturated heterocycles. The van der Waals surface area contributed by atoms with Gasteiger partial charge in [0.2, 0.25) is 0 Å². The summed E-state index contributed by atoms with van der Waals surface area (Å²) < 4.78 is 0. The lowest BCUT2D eigenvalue weighted by molar-refractivity contribution is 0.979. The summed E-state index contributed by atoms with van der Waals surface area (Å²) in [4.78, 5) is 6.37. The van der Waals surface area contributed by atoms with Crippen LogP contribution in [-0.2, 0) is 6.54 Å². The molecule has 0 spiro atoms. The van der Waals surface area contributed by atoms with Crippen LogP contribution < -0.4 is 10.6 Å². The van der Waals surface area contributed by atoms with E-state index in [4.69, 9.17) is 5.73 Å². The Kier molecular flexibility index (Phi) is 2.65. The van der Waals surface area contributed by atoms with Gasteiger partial charge in [0.05, 0.1) is 0 Å². The number of nitrogens with two attached hydrogens (primary N) is 1. The molecular formula is C9H15N3. The molecule has 0 atom stereocenters. The summed E-state index contributed by atoms with van der Waals surface area (Å²) >= 11 is 0. The summed E-state index contributed by atoms with van der Waals surface area (Å²) in [6.45, 7) is 2.54. The second-order valence-corrected chi connectivity index (χ2v) is 3.01. The molecule has 0 unspecified atom stereocenters. The molecule has 1 aromatic rings. The zero-order valence-corrected chi connectivity index (χ0v) is 7.83. The van der Waals surface area contributed by atoms with E-state index in [1.54, 1.807) is 0 Å². The Morgan fingerprint density at radius 1 is 1.42 bits per heavy atom. The summed E-state index contributed by atoms with van der Waals surface area (Å²) in [6, 6.07) is 4.01. The molecule has 0 bridgehead atoms. The van der Waals surface area contributed by atoms with Gasteiger partial charge in [0, 0.05) is 26.3 Å². The third-order valence-corrected chi connectivity index (χ3v) is 1.86. The number of aryl methyl sites for hydroxylation is 1. The van der Waals surface area contributed by atoms with Crippen molar-refractivity contribution in [3.63, 3.8) is 0 Å². The normalized spacial score (nSPS) is 10.0. The fourth-order valence-corrected chi connectivity index (χ4v) is 1.04. The number of aromatic nitrogens is 1. The van der Waals surface area contributed by atoms with Crippen LogP contribution in [0.4, 0.5) is 5.82 Å². The third kappa shape index (κ3) is 1.74. The third-order valence-electron chi connectivity index (χ3n) is 1.86. The van der Waals surface area contributed by atoms with Crippen LogP contribution in [-0.4, -0.2) is 19.1 Å². The van der Waals surface area contributed by atoms with E-state index in [1.807, 2.05) is 38.1 Å². The second-order valence-electron chi connectivity index (χ2n) is 3.01. The van der Waals surface area contributed by atoms with E-state index in [1.165, 1.54) is 0 Å². The van der Waals surface area contributed by atoms with Gasteiger partial charge in [0.15, 0.2) is 0 Å². The first kappa shape index (κ1) is 9.00. The van der Waals surface area contributed by atoms with Crippen molar-refractivity contribution >= 4 is 5.82 Å². The summed E-state index contributed by atoms with van der Waals surface area (Å²) in [6.07, 6.45) is 0. The quantitative estimate of drug-likeness (QED) is 0.708. The standard InChI is InChI=1S/C9H15N3/c1-7-8(6-10)4-5-9(11-7)12(2)3/h4-5H,6,10H2,1-3H3. The molecule has 1 rings (SSSR count). The molecule has 0 aliphatic rings. The number of rotatable bonds is 2. The number of hydrogen-bond acceptors (Lipinski definition) is 3. The van der Waals surface area contributed by atoms with Crippen LogP contribution in [0, 0.1) is 6.92 Å². The molecule has 3 heteroatoms. The lowest BCUT2D eigenvalue weighted by atomic mass is 10.2. The summed E-state index contributed by atoms with van der Waals surface area (Å²) in [5.74, 6) is 0.977. The van der Waals surface area contributed by atoms with Crippen molar-refractivity contribution in [2.75, 3.05) is 19.0 Å². The molecule has 12 heavy (non-hydrogen) atoms. The molecular weight excluding hydrogens is 150 g/mol. The minimum Gasteiger partial charge on any atom is -0.363 e. The van der Waals surface area contributed by atoms with Crippen LogP contribution in [0.15, 0.2) is 12.1 Å². The van der Waals surface area contributed by atoms with E-state index in [0.717, 1.165) is 17.1 Å². The highest BCUT2D eigenvalue weighted by atomic mass is 15.1. The molecule has 1 heterocycles. The van der Waals surface area contributed by atoms with E-state index < -0.39 is 0 Å². The fourth-order valence-electron chi connectivity index (χ4n) is 1.04. The van der Waals surface area contributed by atoms with E-state index in [-0.39, 0.29) is 0 Å². The monoisotopic (exact) mass is 165 g/mol. The van der Waals surface area contributed by atoms with Crippen molar-refractivity contribution in [3.8, 4) is 0 Å². The van der Waals surface area contributed by atoms with Gasteiger partial charge in [-0.3, -0.25) is 0 Å². The number of anilines is 1. The Hall–Kier alpha value is -1.09. The Morgan fingerprint density at radius 2 is 2.08 bits per heavy atom.